The van der Waals surface area contributed by atoms with Gasteiger partial charge in [0.1, 0.15) is 0 Å². The Balaban J connectivity index is 1.91. The molecule has 1 amide bonds. The fourth-order valence-electron chi connectivity index (χ4n) is 2.29. The number of ether oxygens (including phenoxy) is 1. The maximum atomic E-state index is 12.5. The minimum Gasteiger partial charge on any atom is -0.383 e. The second-order valence-electron chi connectivity index (χ2n) is 5.16. The first-order valence-corrected chi connectivity index (χ1v) is 7.38. The van der Waals surface area contributed by atoms with Gasteiger partial charge in [-0.1, -0.05) is 0 Å². The number of aromatic nitrogens is 3. The number of methoxy groups -OCH3 is 1. The number of amides is 1. The van der Waals surface area contributed by atoms with Crippen LogP contribution in [0.3, 0.4) is 0 Å². The summed E-state index contributed by atoms with van der Waals surface area (Å²) in [5.41, 5.74) is 1.38. The molecular formula is C17H16N4O3. The molecule has 2 heterocycles. The van der Waals surface area contributed by atoms with Crippen molar-refractivity contribution in [2.45, 2.75) is 6.54 Å². The second kappa shape index (κ2) is 7.01. The SMILES string of the molecule is COCCn1cnc2ccc(NC(=O)c3cccnc3)cc2c1=O. The van der Waals surface area contributed by atoms with E-state index in [0.717, 1.165) is 0 Å². The van der Waals surface area contributed by atoms with Gasteiger partial charge in [0.2, 0.25) is 0 Å². The second-order valence-corrected chi connectivity index (χ2v) is 5.16. The third-order valence-electron chi connectivity index (χ3n) is 3.54. The fourth-order valence-corrected chi connectivity index (χ4v) is 2.29. The van der Waals surface area contributed by atoms with E-state index >= 15 is 0 Å². The number of rotatable bonds is 5. The van der Waals surface area contributed by atoms with E-state index in [9.17, 15) is 9.59 Å². The summed E-state index contributed by atoms with van der Waals surface area (Å²) in [5, 5.41) is 3.20. The van der Waals surface area contributed by atoms with Crippen LogP contribution in [0.1, 0.15) is 10.4 Å². The Morgan fingerprint density at radius 1 is 1.33 bits per heavy atom. The Bertz CT molecular complexity index is 922. The molecule has 0 unspecified atom stereocenters. The average Bonchev–Trinajstić information content (AvgIpc) is 2.62. The summed E-state index contributed by atoms with van der Waals surface area (Å²) in [7, 11) is 1.57. The van der Waals surface area contributed by atoms with Crippen LogP contribution >= 0.6 is 0 Å². The predicted molar refractivity (Wildman–Crippen MR) is 90.1 cm³/mol. The highest BCUT2D eigenvalue weighted by molar-refractivity contribution is 6.04. The number of nitrogens with one attached hydrogen (secondary N) is 1. The van der Waals surface area contributed by atoms with Crippen molar-refractivity contribution in [2.75, 3.05) is 19.0 Å². The molecular weight excluding hydrogens is 308 g/mol. The largest absolute Gasteiger partial charge is 0.383 e. The van der Waals surface area contributed by atoms with E-state index in [4.69, 9.17) is 4.74 Å². The Morgan fingerprint density at radius 3 is 2.96 bits per heavy atom. The van der Waals surface area contributed by atoms with Crippen LogP contribution in [0, 0.1) is 0 Å². The third kappa shape index (κ3) is 3.31. The zero-order valence-electron chi connectivity index (χ0n) is 13.1. The minimum atomic E-state index is -0.286. The van der Waals surface area contributed by atoms with Gasteiger partial charge in [-0.25, -0.2) is 4.98 Å². The molecule has 0 spiro atoms. The zero-order valence-corrected chi connectivity index (χ0v) is 13.1. The molecule has 0 saturated carbocycles. The molecule has 0 radical (unpaired) electrons. The van der Waals surface area contributed by atoms with E-state index in [1.165, 1.54) is 17.1 Å². The van der Waals surface area contributed by atoms with Crippen molar-refractivity contribution in [3.8, 4) is 0 Å². The summed E-state index contributed by atoms with van der Waals surface area (Å²) in [4.78, 5) is 32.8. The van der Waals surface area contributed by atoms with Crippen LogP contribution < -0.4 is 10.9 Å². The molecule has 1 N–H and O–H groups in total. The van der Waals surface area contributed by atoms with Crippen molar-refractivity contribution in [1.82, 2.24) is 14.5 Å². The van der Waals surface area contributed by atoms with Gasteiger partial charge in [-0.3, -0.25) is 19.1 Å². The molecule has 3 rings (SSSR count). The molecule has 3 aromatic rings. The lowest BCUT2D eigenvalue weighted by atomic mass is 10.2. The Hall–Kier alpha value is -3.06. The van der Waals surface area contributed by atoms with Gasteiger partial charge in [-0.2, -0.15) is 0 Å². The Morgan fingerprint density at radius 2 is 2.21 bits per heavy atom. The number of benzene rings is 1. The number of hydrogen-bond donors (Lipinski definition) is 1. The lowest BCUT2D eigenvalue weighted by Crippen LogP contribution is -2.22. The highest BCUT2D eigenvalue weighted by Crippen LogP contribution is 2.15. The average molecular weight is 324 g/mol. The molecule has 0 bridgehead atoms. The molecule has 24 heavy (non-hydrogen) atoms. The smallest absolute Gasteiger partial charge is 0.261 e. The summed E-state index contributed by atoms with van der Waals surface area (Å²) in [6.07, 6.45) is 4.58. The van der Waals surface area contributed by atoms with Crippen molar-refractivity contribution in [1.29, 1.82) is 0 Å². The lowest BCUT2D eigenvalue weighted by Gasteiger charge is -2.08. The topological polar surface area (TPSA) is 86.1 Å². The molecule has 1 aromatic carbocycles. The van der Waals surface area contributed by atoms with Gasteiger partial charge in [0.25, 0.3) is 11.5 Å². The lowest BCUT2D eigenvalue weighted by molar-refractivity contribution is 0.102. The number of anilines is 1. The highest BCUT2D eigenvalue weighted by Gasteiger charge is 2.09. The van der Waals surface area contributed by atoms with E-state index in [0.29, 0.717) is 35.3 Å². The monoisotopic (exact) mass is 324 g/mol. The Labute approximate surface area is 137 Å². The number of hydrogen-bond acceptors (Lipinski definition) is 5. The molecule has 7 nitrogen and oxygen atoms in total. The first-order valence-electron chi connectivity index (χ1n) is 7.38. The van der Waals surface area contributed by atoms with Gasteiger partial charge in [0, 0.05) is 25.2 Å². The molecule has 122 valence electrons. The van der Waals surface area contributed by atoms with E-state index in [2.05, 4.69) is 15.3 Å². The summed E-state index contributed by atoms with van der Waals surface area (Å²) >= 11 is 0. The van der Waals surface area contributed by atoms with E-state index < -0.39 is 0 Å². The van der Waals surface area contributed by atoms with Crippen molar-refractivity contribution in [3.05, 3.63) is 65.0 Å². The van der Waals surface area contributed by atoms with Gasteiger partial charge in [-0.05, 0) is 30.3 Å². The normalized spacial score (nSPS) is 10.7. The van der Waals surface area contributed by atoms with Crippen LogP contribution in [0.15, 0.2) is 53.8 Å². The summed E-state index contributed by atoms with van der Waals surface area (Å²) in [6.45, 7) is 0.842. The van der Waals surface area contributed by atoms with E-state index in [1.54, 1.807) is 43.6 Å². The molecule has 0 saturated heterocycles. The van der Waals surface area contributed by atoms with Gasteiger partial charge >= 0.3 is 0 Å². The number of nitrogens with zero attached hydrogens (tertiary/aromatic N) is 3. The molecule has 0 aliphatic rings. The van der Waals surface area contributed by atoms with Crippen LogP contribution in [0.2, 0.25) is 0 Å². The van der Waals surface area contributed by atoms with Gasteiger partial charge < -0.3 is 10.1 Å². The first kappa shape index (κ1) is 15.8. The van der Waals surface area contributed by atoms with Crippen LogP contribution in [0.25, 0.3) is 10.9 Å². The molecule has 0 fully saturated rings. The molecule has 0 aliphatic carbocycles. The van der Waals surface area contributed by atoms with Crippen LogP contribution in [-0.4, -0.2) is 34.2 Å². The number of fused-ring (bicyclic) bond motifs is 1. The summed E-state index contributed by atoms with van der Waals surface area (Å²) in [6, 6.07) is 8.40. The van der Waals surface area contributed by atoms with Crippen LogP contribution in [0.4, 0.5) is 5.69 Å². The third-order valence-corrected chi connectivity index (χ3v) is 3.54. The van der Waals surface area contributed by atoms with Gasteiger partial charge in [-0.15, -0.1) is 0 Å². The van der Waals surface area contributed by atoms with E-state index in [1.807, 2.05) is 0 Å². The molecule has 0 aliphatic heterocycles. The Kier molecular flexibility index (Phi) is 4.62. The van der Waals surface area contributed by atoms with Crippen molar-refractivity contribution < 1.29 is 9.53 Å². The number of carbonyl (C=O) groups excluding carboxylic acids is 1. The maximum Gasteiger partial charge on any atom is 0.261 e. The quantitative estimate of drug-likeness (QED) is 0.772. The zero-order chi connectivity index (χ0) is 16.9. The standard InChI is InChI=1S/C17H16N4O3/c1-24-8-7-21-11-19-15-5-4-13(9-14(15)17(21)23)20-16(22)12-3-2-6-18-10-12/h2-6,9-11H,7-8H2,1H3,(H,20,22). The predicted octanol–water partition coefficient (Wildman–Crippen LogP) is 1.69. The van der Waals surface area contributed by atoms with Crippen LogP contribution in [0.5, 0.6) is 0 Å². The number of carbonyl (C=O) groups is 1. The molecule has 0 atom stereocenters. The first-order chi connectivity index (χ1) is 11.7. The summed E-state index contributed by atoms with van der Waals surface area (Å²) < 4.78 is 6.47. The van der Waals surface area contributed by atoms with Gasteiger partial charge in [0.05, 0.1) is 35.9 Å². The van der Waals surface area contributed by atoms with Crippen molar-refractivity contribution in [3.63, 3.8) is 0 Å². The van der Waals surface area contributed by atoms with Crippen molar-refractivity contribution in [2.24, 2.45) is 0 Å². The number of pyridine rings is 1. The van der Waals surface area contributed by atoms with Crippen LogP contribution in [-0.2, 0) is 11.3 Å². The fraction of sp³-hybridized carbons (Fsp3) is 0.176. The summed E-state index contributed by atoms with van der Waals surface area (Å²) in [5.74, 6) is -0.286. The van der Waals surface area contributed by atoms with Gasteiger partial charge in [0.15, 0.2) is 0 Å². The molecule has 2 aromatic heterocycles. The maximum absolute atomic E-state index is 12.5. The minimum absolute atomic E-state index is 0.172. The molecule has 7 heteroatoms. The van der Waals surface area contributed by atoms with E-state index in [-0.39, 0.29) is 11.5 Å². The highest BCUT2D eigenvalue weighted by atomic mass is 16.5. The van der Waals surface area contributed by atoms with Crippen molar-refractivity contribution >= 4 is 22.5 Å².